The molecule has 7 nitrogen and oxygen atoms in total. The number of hydrogen-bond acceptors (Lipinski definition) is 5. The zero-order valence-electron chi connectivity index (χ0n) is 13.9. The molecule has 2 aliphatic heterocycles. The van der Waals surface area contributed by atoms with Crippen LogP contribution in [0.2, 0.25) is 0 Å². The zero-order chi connectivity index (χ0) is 16.6. The standard InChI is InChI=1S/C17H22N6O/c1-14-4-5-15(20-19-14)21-12-6-17(7-13-21,23-11-2-8-18-23)16(24)22-9-3-10-22/h2,4-5,8,11H,3,6-7,9-10,12-13H2,1H3. The monoisotopic (exact) mass is 326 g/mol. The van der Waals surface area contributed by atoms with Gasteiger partial charge in [-0.25, -0.2) is 0 Å². The van der Waals surface area contributed by atoms with E-state index >= 15 is 0 Å². The number of carbonyl (C=O) groups is 1. The Morgan fingerprint density at radius 3 is 2.46 bits per heavy atom. The fourth-order valence-electron chi connectivity index (χ4n) is 3.54. The summed E-state index contributed by atoms with van der Waals surface area (Å²) in [6.45, 7) is 5.22. The lowest BCUT2D eigenvalue weighted by atomic mass is 9.85. The van der Waals surface area contributed by atoms with Crippen LogP contribution in [0.15, 0.2) is 30.6 Å². The molecule has 7 heteroatoms. The van der Waals surface area contributed by atoms with Crippen LogP contribution in [0.25, 0.3) is 0 Å². The maximum absolute atomic E-state index is 13.1. The van der Waals surface area contributed by atoms with E-state index in [-0.39, 0.29) is 5.91 Å². The summed E-state index contributed by atoms with van der Waals surface area (Å²) in [6, 6.07) is 5.87. The van der Waals surface area contributed by atoms with E-state index in [1.807, 2.05) is 40.9 Å². The van der Waals surface area contributed by atoms with E-state index < -0.39 is 5.54 Å². The maximum atomic E-state index is 13.1. The Labute approximate surface area is 141 Å². The van der Waals surface area contributed by atoms with E-state index in [0.29, 0.717) is 0 Å². The van der Waals surface area contributed by atoms with E-state index in [1.165, 1.54) is 0 Å². The average Bonchev–Trinajstić information content (AvgIpc) is 3.09. The van der Waals surface area contributed by atoms with Gasteiger partial charge in [0.2, 0.25) is 0 Å². The normalized spacial score (nSPS) is 19.9. The predicted molar refractivity (Wildman–Crippen MR) is 89.6 cm³/mol. The summed E-state index contributed by atoms with van der Waals surface area (Å²) in [7, 11) is 0. The molecule has 0 bridgehead atoms. The second-order valence-corrected chi connectivity index (χ2v) is 6.65. The molecule has 0 spiro atoms. The van der Waals surface area contributed by atoms with Crippen molar-refractivity contribution in [3.05, 3.63) is 36.3 Å². The van der Waals surface area contributed by atoms with Crippen molar-refractivity contribution in [2.75, 3.05) is 31.1 Å². The minimum atomic E-state index is -0.557. The molecular weight excluding hydrogens is 304 g/mol. The number of aryl methyl sites for hydroxylation is 1. The van der Waals surface area contributed by atoms with Gasteiger partial charge in [-0.2, -0.15) is 10.2 Å². The first-order chi connectivity index (χ1) is 11.7. The van der Waals surface area contributed by atoms with Crippen LogP contribution in [0.5, 0.6) is 0 Å². The van der Waals surface area contributed by atoms with Crippen molar-refractivity contribution in [2.45, 2.75) is 31.7 Å². The number of aromatic nitrogens is 4. The lowest BCUT2D eigenvalue weighted by Gasteiger charge is -2.45. The molecule has 2 aromatic rings. The summed E-state index contributed by atoms with van der Waals surface area (Å²) in [4.78, 5) is 17.3. The summed E-state index contributed by atoms with van der Waals surface area (Å²) >= 11 is 0. The van der Waals surface area contributed by atoms with Gasteiger partial charge >= 0.3 is 0 Å². The molecule has 2 aromatic heterocycles. The fraction of sp³-hybridized carbons (Fsp3) is 0.529. The Morgan fingerprint density at radius 1 is 1.12 bits per heavy atom. The summed E-state index contributed by atoms with van der Waals surface area (Å²) in [5, 5.41) is 12.8. The molecule has 0 aliphatic carbocycles. The zero-order valence-corrected chi connectivity index (χ0v) is 13.9. The van der Waals surface area contributed by atoms with Crippen LogP contribution in [0.3, 0.4) is 0 Å². The van der Waals surface area contributed by atoms with Gasteiger partial charge in [0.05, 0.1) is 5.69 Å². The van der Waals surface area contributed by atoms with Gasteiger partial charge in [-0.1, -0.05) is 0 Å². The van der Waals surface area contributed by atoms with Crippen LogP contribution in [0.4, 0.5) is 5.82 Å². The van der Waals surface area contributed by atoms with Crippen molar-refractivity contribution < 1.29 is 4.79 Å². The van der Waals surface area contributed by atoms with Crippen LogP contribution in [-0.4, -0.2) is 57.0 Å². The lowest BCUT2D eigenvalue weighted by molar-refractivity contribution is -0.146. The highest BCUT2D eigenvalue weighted by atomic mass is 16.2. The molecule has 2 aliphatic rings. The molecule has 0 unspecified atom stereocenters. The van der Waals surface area contributed by atoms with Crippen molar-refractivity contribution in [3.8, 4) is 0 Å². The summed E-state index contributed by atoms with van der Waals surface area (Å²) in [5.41, 5.74) is 0.355. The molecule has 2 fully saturated rings. The van der Waals surface area contributed by atoms with Crippen molar-refractivity contribution in [2.24, 2.45) is 0 Å². The van der Waals surface area contributed by atoms with Crippen LogP contribution in [0, 0.1) is 6.92 Å². The molecule has 4 rings (SSSR count). The molecular formula is C17H22N6O. The van der Waals surface area contributed by atoms with Gasteiger partial charge < -0.3 is 9.80 Å². The Hall–Kier alpha value is -2.44. The van der Waals surface area contributed by atoms with E-state index in [4.69, 9.17) is 0 Å². The molecule has 0 radical (unpaired) electrons. The second kappa shape index (κ2) is 5.89. The van der Waals surface area contributed by atoms with Gasteiger partial charge in [0.25, 0.3) is 5.91 Å². The third-order valence-corrected chi connectivity index (χ3v) is 5.18. The average molecular weight is 326 g/mol. The number of likely N-dealkylation sites (tertiary alicyclic amines) is 1. The van der Waals surface area contributed by atoms with Gasteiger partial charge in [-0.3, -0.25) is 9.48 Å². The van der Waals surface area contributed by atoms with Crippen molar-refractivity contribution >= 4 is 11.7 Å². The highest BCUT2D eigenvalue weighted by molar-refractivity contribution is 5.85. The largest absolute Gasteiger partial charge is 0.355 e. The van der Waals surface area contributed by atoms with Crippen molar-refractivity contribution in [3.63, 3.8) is 0 Å². The number of hydrogen-bond donors (Lipinski definition) is 0. The molecule has 1 amide bonds. The molecule has 126 valence electrons. The Kier molecular flexibility index (Phi) is 3.70. The number of nitrogens with zero attached hydrogens (tertiary/aromatic N) is 6. The first-order valence-electron chi connectivity index (χ1n) is 8.54. The molecule has 0 saturated carbocycles. The molecule has 4 heterocycles. The number of piperidine rings is 1. The van der Waals surface area contributed by atoms with Gasteiger partial charge in [0.15, 0.2) is 5.82 Å². The highest BCUT2D eigenvalue weighted by Crippen LogP contribution is 2.34. The first-order valence-corrected chi connectivity index (χ1v) is 8.54. The topological polar surface area (TPSA) is 67.2 Å². The fourth-order valence-corrected chi connectivity index (χ4v) is 3.54. The minimum absolute atomic E-state index is 0.215. The second-order valence-electron chi connectivity index (χ2n) is 6.65. The van der Waals surface area contributed by atoms with E-state index in [1.54, 1.807) is 6.20 Å². The Balaban J connectivity index is 1.56. The number of carbonyl (C=O) groups excluding carboxylic acids is 1. The number of amides is 1. The SMILES string of the molecule is Cc1ccc(N2CCC(C(=O)N3CCC3)(n3cccn3)CC2)nn1. The molecule has 0 atom stereocenters. The van der Waals surface area contributed by atoms with Gasteiger partial charge in [0, 0.05) is 38.6 Å². The summed E-state index contributed by atoms with van der Waals surface area (Å²) in [5.74, 6) is 1.10. The first kappa shape index (κ1) is 15.1. The van der Waals surface area contributed by atoms with E-state index in [2.05, 4.69) is 20.2 Å². The molecule has 2 saturated heterocycles. The minimum Gasteiger partial charge on any atom is -0.355 e. The van der Waals surface area contributed by atoms with E-state index in [9.17, 15) is 4.79 Å². The summed E-state index contributed by atoms with van der Waals surface area (Å²) in [6.07, 6.45) is 6.24. The van der Waals surface area contributed by atoms with Gasteiger partial charge in [-0.15, -0.1) is 5.10 Å². The van der Waals surface area contributed by atoms with Gasteiger partial charge in [0.1, 0.15) is 5.54 Å². The molecule has 0 N–H and O–H groups in total. The smallest absolute Gasteiger partial charge is 0.250 e. The Morgan fingerprint density at radius 2 is 1.92 bits per heavy atom. The van der Waals surface area contributed by atoms with Crippen LogP contribution in [-0.2, 0) is 10.3 Å². The van der Waals surface area contributed by atoms with Crippen LogP contribution < -0.4 is 4.90 Å². The van der Waals surface area contributed by atoms with Crippen LogP contribution >= 0.6 is 0 Å². The third-order valence-electron chi connectivity index (χ3n) is 5.18. The number of rotatable bonds is 3. The third kappa shape index (κ3) is 2.44. The van der Waals surface area contributed by atoms with Gasteiger partial charge in [-0.05, 0) is 44.4 Å². The van der Waals surface area contributed by atoms with Crippen LogP contribution in [0.1, 0.15) is 25.0 Å². The molecule has 24 heavy (non-hydrogen) atoms. The van der Waals surface area contributed by atoms with Crippen molar-refractivity contribution in [1.82, 2.24) is 24.9 Å². The quantitative estimate of drug-likeness (QED) is 0.848. The van der Waals surface area contributed by atoms with E-state index in [0.717, 1.165) is 57.0 Å². The lowest BCUT2D eigenvalue weighted by Crippen LogP contribution is -2.59. The highest BCUT2D eigenvalue weighted by Gasteiger charge is 2.47. The van der Waals surface area contributed by atoms with Crippen molar-refractivity contribution in [1.29, 1.82) is 0 Å². The molecule has 0 aromatic carbocycles. The number of anilines is 1. The Bertz CT molecular complexity index is 699. The predicted octanol–water partition coefficient (Wildman–Crippen LogP) is 1.21. The maximum Gasteiger partial charge on any atom is 0.250 e. The summed E-state index contributed by atoms with van der Waals surface area (Å²) < 4.78 is 1.87.